The number of hydrazine groups is 1. The van der Waals surface area contributed by atoms with E-state index in [1.807, 2.05) is 74.5 Å². The first-order valence-electron chi connectivity index (χ1n) is 8.98. The van der Waals surface area contributed by atoms with Crippen molar-refractivity contribution in [3.63, 3.8) is 0 Å². The molecule has 0 aliphatic carbocycles. The molecule has 3 aromatic carbocycles. The number of hydrogen-bond donors (Lipinski definition) is 2. The zero-order valence-corrected chi connectivity index (χ0v) is 15.9. The molecule has 2 N–H and O–H groups in total. The van der Waals surface area contributed by atoms with E-state index in [-0.39, 0.29) is 12.5 Å². The Labute approximate surface area is 164 Å². The number of carbonyl (C=O) groups is 2. The van der Waals surface area contributed by atoms with Crippen LogP contribution in [0.4, 0.5) is 0 Å². The van der Waals surface area contributed by atoms with Crippen molar-refractivity contribution >= 4 is 11.8 Å². The summed E-state index contributed by atoms with van der Waals surface area (Å²) in [6.07, 6.45) is 0. The Balaban J connectivity index is 1.51. The van der Waals surface area contributed by atoms with Crippen molar-refractivity contribution in [3.8, 4) is 16.9 Å². The highest BCUT2D eigenvalue weighted by Crippen LogP contribution is 2.22. The molecular weight excluding hydrogens is 352 g/mol. The molecule has 3 aromatic rings. The van der Waals surface area contributed by atoms with Crippen LogP contribution in [0.25, 0.3) is 11.1 Å². The van der Waals surface area contributed by atoms with E-state index in [2.05, 4.69) is 10.9 Å². The van der Waals surface area contributed by atoms with Crippen LogP contribution in [0.15, 0.2) is 72.8 Å². The zero-order valence-electron chi connectivity index (χ0n) is 15.9. The Hall–Kier alpha value is -3.60. The number of aryl methyl sites for hydroxylation is 2. The third-order valence-electron chi connectivity index (χ3n) is 4.33. The van der Waals surface area contributed by atoms with Crippen molar-refractivity contribution in [3.05, 3.63) is 89.5 Å². The van der Waals surface area contributed by atoms with E-state index in [9.17, 15) is 9.59 Å². The molecule has 5 heteroatoms. The molecule has 0 radical (unpaired) electrons. The quantitative estimate of drug-likeness (QED) is 0.668. The van der Waals surface area contributed by atoms with Crippen LogP contribution in [0.1, 0.15) is 21.5 Å². The lowest BCUT2D eigenvalue weighted by molar-refractivity contribution is -0.123. The van der Waals surface area contributed by atoms with Gasteiger partial charge in [-0.2, -0.15) is 0 Å². The van der Waals surface area contributed by atoms with Gasteiger partial charge in [-0.3, -0.25) is 20.4 Å². The number of amides is 2. The highest BCUT2D eigenvalue weighted by molar-refractivity contribution is 5.95. The molecule has 142 valence electrons. The molecule has 0 saturated heterocycles. The minimum absolute atomic E-state index is 0.182. The van der Waals surface area contributed by atoms with Gasteiger partial charge < -0.3 is 4.74 Å². The fourth-order valence-electron chi connectivity index (χ4n) is 2.84. The highest BCUT2D eigenvalue weighted by atomic mass is 16.5. The van der Waals surface area contributed by atoms with Crippen molar-refractivity contribution in [1.29, 1.82) is 0 Å². The molecule has 0 saturated carbocycles. The van der Waals surface area contributed by atoms with Crippen LogP contribution >= 0.6 is 0 Å². The second-order valence-corrected chi connectivity index (χ2v) is 6.46. The fraction of sp³-hybridized carbons (Fsp3) is 0.130. The standard InChI is InChI=1S/C23H22N2O3/c1-16-7-6-8-17(2)22(16)28-15-21(26)24-25-23(27)20-13-11-19(12-14-20)18-9-4-3-5-10-18/h3-14H,15H2,1-2H3,(H,24,26)(H,25,27). The summed E-state index contributed by atoms with van der Waals surface area (Å²) in [6.45, 7) is 3.65. The smallest absolute Gasteiger partial charge is 0.276 e. The molecule has 0 spiro atoms. The Kier molecular flexibility index (Phi) is 6.07. The van der Waals surface area contributed by atoms with Crippen LogP contribution in [-0.4, -0.2) is 18.4 Å². The predicted molar refractivity (Wildman–Crippen MR) is 109 cm³/mol. The lowest BCUT2D eigenvalue weighted by Crippen LogP contribution is -2.43. The molecule has 2 amide bonds. The average Bonchev–Trinajstić information content (AvgIpc) is 2.72. The molecule has 5 nitrogen and oxygen atoms in total. The maximum Gasteiger partial charge on any atom is 0.276 e. The first-order valence-corrected chi connectivity index (χ1v) is 8.98. The van der Waals surface area contributed by atoms with Crippen molar-refractivity contribution in [2.45, 2.75) is 13.8 Å². The second-order valence-electron chi connectivity index (χ2n) is 6.46. The van der Waals surface area contributed by atoms with Crippen molar-refractivity contribution < 1.29 is 14.3 Å². The number of hydrogen-bond acceptors (Lipinski definition) is 3. The maximum atomic E-state index is 12.2. The largest absolute Gasteiger partial charge is 0.483 e. The molecule has 0 aromatic heterocycles. The highest BCUT2D eigenvalue weighted by Gasteiger charge is 2.10. The molecule has 0 aliphatic heterocycles. The zero-order chi connectivity index (χ0) is 19.9. The van der Waals surface area contributed by atoms with Gasteiger partial charge in [0.2, 0.25) is 0 Å². The third-order valence-corrected chi connectivity index (χ3v) is 4.33. The van der Waals surface area contributed by atoms with Gasteiger partial charge in [0.1, 0.15) is 5.75 Å². The molecule has 3 rings (SSSR count). The maximum absolute atomic E-state index is 12.2. The summed E-state index contributed by atoms with van der Waals surface area (Å²) in [5.41, 5.74) is 9.23. The minimum Gasteiger partial charge on any atom is -0.483 e. The van der Waals surface area contributed by atoms with Crippen LogP contribution in [0.2, 0.25) is 0 Å². The van der Waals surface area contributed by atoms with Gasteiger partial charge in [0.15, 0.2) is 6.61 Å². The third kappa shape index (κ3) is 4.76. The summed E-state index contributed by atoms with van der Waals surface area (Å²) in [4.78, 5) is 24.2. The average molecular weight is 374 g/mol. The van der Waals surface area contributed by atoms with Crippen molar-refractivity contribution in [2.75, 3.05) is 6.61 Å². The molecule has 0 unspecified atom stereocenters. The molecule has 0 atom stereocenters. The van der Waals surface area contributed by atoms with Gasteiger partial charge >= 0.3 is 0 Å². The number of nitrogens with one attached hydrogen (secondary N) is 2. The monoisotopic (exact) mass is 374 g/mol. The first-order chi connectivity index (χ1) is 13.5. The van der Waals surface area contributed by atoms with E-state index >= 15 is 0 Å². The van der Waals surface area contributed by atoms with Gasteiger partial charge in [0.25, 0.3) is 11.8 Å². The summed E-state index contributed by atoms with van der Waals surface area (Å²) in [6, 6.07) is 22.8. The Morgan fingerprint density at radius 3 is 2.00 bits per heavy atom. The number of carbonyl (C=O) groups excluding carboxylic acids is 2. The van der Waals surface area contributed by atoms with Gasteiger partial charge in [0, 0.05) is 5.56 Å². The van der Waals surface area contributed by atoms with E-state index in [0.29, 0.717) is 11.3 Å². The molecule has 0 aliphatic rings. The number of benzene rings is 3. The van der Waals surface area contributed by atoms with E-state index in [4.69, 9.17) is 4.74 Å². The fourth-order valence-corrected chi connectivity index (χ4v) is 2.84. The normalized spacial score (nSPS) is 10.2. The van der Waals surface area contributed by atoms with Gasteiger partial charge in [-0.15, -0.1) is 0 Å². The first kappa shape index (κ1) is 19.2. The molecule has 0 heterocycles. The van der Waals surface area contributed by atoms with Gasteiger partial charge in [-0.1, -0.05) is 60.7 Å². The van der Waals surface area contributed by atoms with Gasteiger partial charge in [-0.05, 0) is 48.2 Å². The van der Waals surface area contributed by atoms with Gasteiger partial charge in [0.05, 0.1) is 0 Å². The van der Waals surface area contributed by atoms with Crippen LogP contribution < -0.4 is 15.6 Å². The predicted octanol–water partition coefficient (Wildman–Crippen LogP) is 3.81. The molecule has 0 fully saturated rings. The Morgan fingerprint density at radius 2 is 1.36 bits per heavy atom. The van der Waals surface area contributed by atoms with Crippen LogP contribution in [-0.2, 0) is 4.79 Å². The van der Waals surface area contributed by atoms with Crippen molar-refractivity contribution in [1.82, 2.24) is 10.9 Å². The second kappa shape index (κ2) is 8.86. The van der Waals surface area contributed by atoms with Crippen LogP contribution in [0.3, 0.4) is 0 Å². The van der Waals surface area contributed by atoms with E-state index in [1.54, 1.807) is 12.1 Å². The summed E-state index contributed by atoms with van der Waals surface area (Å²) < 4.78 is 5.57. The van der Waals surface area contributed by atoms with E-state index in [1.165, 1.54) is 0 Å². The molecular formula is C23H22N2O3. The van der Waals surface area contributed by atoms with Crippen molar-refractivity contribution in [2.24, 2.45) is 0 Å². The number of rotatable bonds is 5. The minimum atomic E-state index is -0.433. The lowest BCUT2D eigenvalue weighted by Gasteiger charge is -2.12. The summed E-state index contributed by atoms with van der Waals surface area (Å²) in [7, 11) is 0. The van der Waals surface area contributed by atoms with Gasteiger partial charge in [-0.25, -0.2) is 0 Å². The Bertz CT molecular complexity index is 947. The number of ether oxygens (including phenoxy) is 1. The van der Waals surface area contributed by atoms with Crippen LogP contribution in [0.5, 0.6) is 5.75 Å². The van der Waals surface area contributed by atoms with E-state index in [0.717, 1.165) is 22.3 Å². The molecule has 28 heavy (non-hydrogen) atoms. The summed E-state index contributed by atoms with van der Waals surface area (Å²) in [5.74, 6) is -0.141. The topological polar surface area (TPSA) is 67.4 Å². The number of para-hydroxylation sites is 1. The molecule has 0 bridgehead atoms. The SMILES string of the molecule is Cc1cccc(C)c1OCC(=O)NNC(=O)c1ccc(-c2ccccc2)cc1. The lowest BCUT2D eigenvalue weighted by atomic mass is 10.0. The Morgan fingerprint density at radius 1 is 0.750 bits per heavy atom. The van der Waals surface area contributed by atoms with Crippen LogP contribution in [0, 0.1) is 13.8 Å². The summed E-state index contributed by atoms with van der Waals surface area (Å²) >= 11 is 0. The van der Waals surface area contributed by atoms with E-state index < -0.39 is 5.91 Å². The summed E-state index contributed by atoms with van der Waals surface area (Å²) in [5, 5.41) is 0.